The van der Waals surface area contributed by atoms with E-state index in [-0.39, 0.29) is 4.87 Å². The van der Waals surface area contributed by atoms with Crippen LogP contribution in [0.1, 0.15) is 33.1 Å². The predicted octanol–water partition coefficient (Wildman–Crippen LogP) is 2.80. The highest BCUT2D eigenvalue weighted by Crippen LogP contribution is 2.51. The Morgan fingerprint density at radius 3 is 2.38 bits per heavy atom. The van der Waals surface area contributed by atoms with E-state index in [1.165, 1.54) is 19.3 Å². The van der Waals surface area contributed by atoms with Crippen molar-refractivity contribution in [3.05, 3.63) is 0 Å². The lowest BCUT2D eigenvalue weighted by atomic mass is 10.2. The molecule has 2 atom stereocenters. The van der Waals surface area contributed by atoms with Crippen LogP contribution in [0.5, 0.6) is 0 Å². The van der Waals surface area contributed by atoms with Crippen LogP contribution in [-0.2, 0) is 0 Å². The third-order valence-corrected chi connectivity index (χ3v) is 2.44. The quantitative estimate of drug-likeness (QED) is 0.507. The minimum absolute atomic E-state index is 0.190. The summed E-state index contributed by atoms with van der Waals surface area (Å²) in [6.45, 7) is 4.35. The van der Waals surface area contributed by atoms with E-state index < -0.39 is 0 Å². The summed E-state index contributed by atoms with van der Waals surface area (Å²) in [6, 6.07) is 0. The molecule has 0 nitrogen and oxygen atoms in total. The fourth-order valence-electron chi connectivity index (χ4n) is 1.17. The summed E-state index contributed by atoms with van der Waals surface area (Å²) in [4.78, 5) is 0.190. The molecule has 48 valence electrons. The lowest BCUT2D eigenvalue weighted by Gasteiger charge is -1.95. The van der Waals surface area contributed by atoms with Crippen LogP contribution < -0.4 is 0 Å². The third-order valence-electron chi connectivity index (χ3n) is 1.97. The molecule has 0 saturated heterocycles. The van der Waals surface area contributed by atoms with Crippen molar-refractivity contribution in [3.63, 3.8) is 0 Å². The topological polar surface area (TPSA) is 0 Å². The average Bonchev–Trinajstić information content (AvgIpc) is 2.15. The molecular weight excluding hydrogens is 120 g/mol. The molecule has 0 aromatic heterocycles. The maximum Gasteiger partial charge on any atom is 0.0450 e. The summed E-state index contributed by atoms with van der Waals surface area (Å²) >= 11 is 5.99. The van der Waals surface area contributed by atoms with Crippen LogP contribution in [0.3, 0.4) is 0 Å². The number of hydrogen-bond acceptors (Lipinski definition) is 0. The lowest BCUT2D eigenvalue weighted by molar-refractivity contribution is 0.672. The Morgan fingerprint density at radius 2 is 2.25 bits per heavy atom. The molecule has 8 heavy (non-hydrogen) atoms. The lowest BCUT2D eigenvalue weighted by Crippen LogP contribution is -1.92. The Bertz CT molecular complexity index is 86.4. The van der Waals surface area contributed by atoms with Gasteiger partial charge in [-0.05, 0) is 25.7 Å². The SMILES string of the molecule is CCCC1CC1(C)Cl. The molecule has 0 aromatic carbocycles. The molecule has 2 unspecified atom stereocenters. The molecule has 1 aliphatic rings. The van der Waals surface area contributed by atoms with E-state index in [1.54, 1.807) is 0 Å². The van der Waals surface area contributed by atoms with E-state index in [1.807, 2.05) is 0 Å². The van der Waals surface area contributed by atoms with E-state index in [4.69, 9.17) is 11.6 Å². The van der Waals surface area contributed by atoms with E-state index in [2.05, 4.69) is 13.8 Å². The van der Waals surface area contributed by atoms with E-state index >= 15 is 0 Å². The molecule has 1 fully saturated rings. The van der Waals surface area contributed by atoms with E-state index in [0.717, 1.165) is 5.92 Å². The van der Waals surface area contributed by atoms with Crippen LogP contribution in [0.2, 0.25) is 0 Å². The molecule has 0 aliphatic heterocycles. The van der Waals surface area contributed by atoms with Crippen molar-refractivity contribution >= 4 is 11.6 Å². The van der Waals surface area contributed by atoms with Crippen LogP contribution in [0.4, 0.5) is 0 Å². The van der Waals surface area contributed by atoms with Gasteiger partial charge in [-0.2, -0.15) is 0 Å². The molecule has 0 aromatic rings. The van der Waals surface area contributed by atoms with Crippen molar-refractivity contribution in [1.82, 2.24) is 0 Å². The zero-order valence-electron chi connectivity index (χ0n) is 5.58. The van der Waals surface area contributed by atoms with Crippen LogP contribution >= 0.6 is 11.6 Å². The van der Waals surface area contributed by atoms with Crippen LogP contribution in [0.15, 0.2) is 0 Å². The van der Waals surface area contributed by atoms with Crippen molar-refractivity contribution < 1.29 is 0 Å². The van der Waals surface area contributed by atoms with Gasteiger partial charge in [0.2, 0.25) is 0 Å². The second-order valence-electron chi connectivity index (χ2n) is 2.97. The Labute approximate surface area is 56.2 Å². The largest absolute Gasteiger partial charge is 0.119 e. The highest BCUT2D eigenvalue weighted by Gasteiger charge is 2.47. The monoisotopic (exact) mass is 132 g/mol. The second-order valence-corrected chi connectivity index (χ2v) is 3.83. The minimum atomic E-state index is 0.190. The zero-order chi connectivity index (χ0) is 6.20. The molecule has 0 spiro atoms. The van der Waals surface area contributed by atoms with Gasteiger partial charge in [0.15, 0.2) is 0 Å². The molecule has 1 saturated carbocycles. The molecular formula is C7H13Cl. The van der Waals surface area contributed by atoms with Gasteiger partial charge in [-0.3, -0.25) is 0 Å². The van der Waals surface area contributed by atoms with Crippen LogP contribution in [0.25, 0.3) is 0 Å². The van der Waals surface area contributed by atoms with Gasteiger partial charge in [0.25, 0.3) is 0 Å². The van der Waals surface area contributed by atoms with Crippen molar-refractivity contribution in [3.8, 4) is 0 Å². The van der Waals surface area contributed by atoms with Gasteiger partial charge in [-0.1, -0.05) is 13.3 Å². The van der Waals surface area contributed by atoms with Crippen molar-refractivity contribution in [2.75, 3.05) is 0 Å². The van der Waals surface area contributed by atoms with Gasteiger partial charge in [-0.25, -0.2) is 0 Å². The normalized spacial score (nSPS) is 44.6. The van der Waals surface area contributed by atoms with Crippen molar-refractivity contribution in [2.45, 2.75) is 38.0 Å². The molecule has 0 heterocycles. The van der Waals surface area contributed by atoms with E-state index in [0.29, 0.717) is 0 Å². The van der Waals surface area contributed by atoms with Gasteiger partial charge in [0.1, 0.15) is 0 Å². The molecule has 0 bridgehead atoms. The first kappa shape index (κ1) is 6.41. The average molecular weight is 133 g/mol. The summed E-state index contributed by atoms with van der Waals surface area (Å²) in [5.41, 5.74) is 0. The standard InChI is InChI=1S/C7H13Cl/c1-3-4-6-5-7(6,2)8/h6H,3-5H2,1-2H3. The summed E-state index contributed by atoms with van der Waals surface area (Å²) < 4.78 is 0. The maximum atomic E-state index is 5.99. The number of hydrogen-bond donors (Lipinski definition) is 0. The second kappa shape index (κ2) is 1.91. The Hall–Kier alpha value is 0.290. The first-order valence-corrected chi connectivity index (χ1v) is 3.73. The van der Waals surface area contributed by atoms with Crippen molar-refractivity contribution in [1.29, 1.82) is 0 Å². The van der Waals surface area contributed by atoms with Gasteiger partial charge in [-0.15, -0.1) is 11.6 Å². The molecule has 0 amide bonds. The van der Waals surface area contributed by atoms with Crippen LogP contribution in [-0.4, -0.2) is 4.87 Å². The van der Waals surface area contributed by atoms with Crippen molar-refractivity contribution in [2.24, 2.45) is 5.92 Å². The summed E-state index contributed by atoms with van der Waals surface area (Å²) in [7, 11) is 0. The molecule has 1 rings (SSSR count). The first-order chi connectivity index (χ1) is 3.67. The Morgan fingerprint density at radius 1 is 1.75 bits per heavy atom. The van der Waals surface area contributed by atoms with Gasteiger partial charge in [0.05, 0.1) is 0 Å². The first-order valence-electron chi connectivity index (χ1n) is 3.35. The van der Waals surface area contributed by atoms with Gasteiger partial charge in [0, 0.05) is 4.87 Å². The summed E-state index contributed by atoms with van der Waals surface area (Å²) in [5.74, 6) is 0.828. The van der Waals surface area contributed by atoms with Gasteiger partial charge < -0.3 is 0 Å². The van der Waals surface area contributed by atoms with Crippen LogP contribution in [0, 0.1) is 5.92 Å². The summed E-state index contributed by atoms with van der Waals surface area (Å²) in [6.07, 6.45) is 3.84. The minimum Gasteiger partial charge on any atom is -0.119 e. The molecule has 0 radical (unpaired) electrons. The predicted molar refractivity (Wildman–Crippen MR) is 37.3 cm³/mol. The zero-order valence-corrected chi connectivity index (χ0v) is 6.33. The molecule has 1 heteroatoms. The number of alkyl halides is 1. The third kappa shape index (κ3) is 1.17. The highest BCUT2D eigenvalue weighted by atomic mass is 35.5. The fraction of sp³-hybridized carbons (Fsp3) is 1.00. The highest BCUT2D eigenvalue weighted by molar-refractivity contribution is 6.25. The molecule has 0 N–H and O–H groups in total. The fourth-order valence-corrected chi connectivity index (χ4v) is 1.47. The van der Waals surface area contributed by atoms with E-state index in [9.17, 15) is 0 Å². The maximum absolute atomic E-state index is 5.99. The number of rotatable bonds is 2. The Kier molecular flexibility index (Phi) is 1.53. The Balaban J connectivity index is 2.17. The smallest absolute Gasteiger partial charge is 0.0450 e. The molecule has 1 aliphatic carbocycles. The number of halogens is 1. The van der Waals surface area contributed by atoms with Gasteiger partial charge >= 0.3 is 0 Å². The summed E-state index contributed by atoms with van der Waals surface area (Å²) in [5, 5.41) is 0.